The molecule has 6 heteroatoms. The first-order valence-electron chi connectivity index (χ1n) is 8.82. The van der Waals surface area contributed by atoms with Crippen LogP contribution >= 0.6 is 0 Å². The molecule has 0 aromatic heterocycles. The number of carboxylic acid groups (broad SMARTS) is 1. The molecule has 5 nitrogen and oxygen atoms in total. The Hall–Kier alpha value is -2.28. The second-order valence-electron chi connectivity index (χ2n) is 6.94. The largest absolute Gasteiger partial charge is 0.480 e. The van der Waals surface area contributed by atoms with Crippen LogP contribution in [0.3, 0.4) is 0 Å². The molecule has 142 valence electrons. The number of benzene rings is 2. The van der Waals surface area contributed by atoms with E-state index in [1.54, 1.807) is 0 Å². The molecule has 2 aromatic rings. The van der Waals surface area contributed by atoms with Gasteiger partial charge in [-0.2, -0.15) is 0 Å². The van der Waals surface area contributed by atoms with Crippen molar-refractivity contribution in [1.82, 2.24) is 4.90 Å². The van der Waals surface area contributed by atoms with Crippen LogP contribution in [0.5, 0.6) is 0 Å². The molecular weight excluding hydrogens is 362 g/mol. The molecule has 1 aliphatic rings. The van der Waals surface area contributed by atoms with Crippen molar-refractivity contribution in [3.05, 3.63) is 66.2 Å². The number of hydrogen-bond donors (Lipinski definition) is 2. The summed E-state index contributed by atoms with van der Waals surface area (Å²) in [6.07, 6.45) is 2.85. The fraction of sp³-hybridized carbons (Fsp3) is 0.286. The van der Waals surface area contributed by atoms with Crippen LogP contribution in [0.25, 0.3) is 16.7 Å². The van der Waals surface area contributed by atoms with Gasteiger partial charge >= 0.3 is 5.97 Å². The minimum absolute atomic E-state index is 0.0438. The Morgan fingerprint density at radius 1 is 1.07 bits per heavy atom. The third kappa shape index (κ3) is 4.35. The zero-order valence-electron chi connectivity index (χ0n) is 15.2. The lowest BCUT2D eigenvalue weighted by molar-refractivity contribution is -0.140. The number of carboxylic acids is 1. The summed E-state index contributed by atoms with van der Waals surface area (Å²) in [7, 11) is 0. The van der Waals surface area contributed by atoms with Gasteiger partial charge in [0.1, 0.15) is 0 Å². The van der Waals surface area contributed by atoms with E-state index in [2.05, 4.69) is 42.5 Å². The van der Waals surface area contributed by atoms with Crippen molar-refractivity contribution < 1.29 is 18.7 Å². The number of hydrogen-bond acceptors (Lipinski definition) is 3. The average molecular weight is 385 g/mol. The van der Waals surface area contributed by atoms with Gasteiger partial charge in [0.15, 0.2) is 15.8 Å². The lowest BCUT2D eigenvalue weighted by Gasteiger charge is -2.32. The normalized spacial score (nSPS) is 18.4. The number of rotatable bonds is 6. The maximum absolute atomic E-state index is 11.5. The summed E-state index contributed by atoms with van der Waals surface area (Å²) in [6.45, 7) is 2.58. The Bertz CT molecular complexity index is 848. The molecule has 2 N–H and O–H groups in total. The second kappa shape index (κ2) is 8.17. The van der Waals surface area contributed by atoms with Crippen LogP contribution < -0.4 is 0 Å². The molecule has 0 radical (unpaired) electrons. The molecule has 0 bridgehead atoms. The van der Waals surface area contributed by atoms with Crippen molar-refractivity contribution in [2.24, 2.45) is 0 Å². The summed E-state index contributed by atoms with van der Waals surface area (Å²) in [6, 6.07) is 18.6. The SMILES string of the molecule is CC(CN1CC=C(c2ccc(-c3ccccc3)cc2)CC1)(C(=O)O)S(=O)O. The maximum atomic E-state index is 11.5. The first-order valence-corrected chi connectivity index (χ1v) is 9.92. The molecule has 2 aromatic carbocycles. The average Bonchev–Trinajstić information content (AvgIpc) is 2.69. The van der Waals surface area contributed by atoms with E-state index in [9.17, 15) is 18.7 Å². The fourth-order valence-electron chi connectivity index (χ4n) is 3.25. The minimum atomic E-state index is -2.43. The molecule has 0 aliphatic carbocycles. The third-order valence-electron chi connectivity index (χ3n) is 5.02. The zero-order chi connectivity index (χ0) is 19.4. The summed E-state index contributed by atoms with van der Waals surface area (Å²) >= 11 is -2.43. The van der Waals surface area contributed by atoms with E-state index in [1.165, 1.54) is 23.6 Å². The predicted octanol–water partition coefficient (Wildman–Crippen LogP) is 3.51. The Labute approximate surface area is 161 Å². The molecule has 3 rings (SSSR count). The fourth-order valence-corrected chi connectivity index (χ4v) is 3.69. The maximum Gasteiger partial charge on any atom is 0.325 e. The third-order valence-corrected chi connectivity index (χ3v) is 6.09. The summed E-state index contributed by atoms with van der Waals surface area (Å²) in [5, 5.41) is 9.29. The van der Waals surface area contributed by atoms with Crippen molar-refractivity contribution in [2.75, 3.05) is 19.6 Å². The highest BCUT2D eigenvalue weighted by Crippen LogP contribution is 2.27. The molecule has 1 aliphatic heterocycles. The van der Waals surface area contributed by atoms with Crippen LogP contribution in [-0.2, 0) is 15.9 Å². The number of aliphatic carboxylic acids is 1. The molecule has 2 unspecified atom stereocenters. The predicted molar refractivity (Wildman–Crippen MR) is 108 cm³/mol. The van der Waals surface area contributed by atoms with Gasteiger partial charge in [-0.05, 0) is 35.6 Å². The lowest BCUT2D eigenvalue weighted by atomic mass is 9.96. The highest BCUT2D eigenvalue weighted by atomic mass is 32.2. The van der Waals surface area contributed by atoms with Crippen molar-refractivity contribution >= 4 is 22.6 Å². The van der Waals surface area contributed by atoms with Gasteiger partial charge in [-0.1, -0.05) is 60.7 Å². The Morgan fingerprint density at radius 3 is 2.19 bits per heavy atom. The van der Waals surface area contributed by atoms with E-state index >= 15 is 0 Å². The van der Waals surface area contributed by atoms with Gasteiger partial charge in [-0.25, -0.2) is 4.21 Å². The quantitative estimate of drug-likeness (QED) is 0.744. The van der Waals surface area contributed by atoms with Crippen molar-refractivity contribution in [1.29, 1.82) is 0 Å². The molecule has 27 heavy (non-hydrogen) atoms. The van der Waals surface area contributed by atoms with E-state index < -0.39 is 21.8 Å². The van der Waals surface area contributed by atoms with Crippen LogP contribution in [0, 0.1) is 0 Å². The van der Waals surface area contributed by atoms with Gasteiger partial charge in [0.25, 0.3) is 0 Å². The van der Waals surface area contributed by atoms with Crippen LogP contribution in [0.2, 0.25) is 0 Å². The smallest absolute Gasteiger partial charge is 0.325 e. The summed E-state index contributed by atoms with van der Waals surface area (Å²) in [5.74, 6) is -1.25. The molecule has 0 saturated heterocycles. The Morgan fingerprint density at radius 2 is 1.67 bits per heavy atom. The lowest BCUT2D eigenvalue weighted by Crippen LogP contribution is -2.50. The van der Waals surface area contributed by atoms with E-state index in [0.29, 0.717) is 13.1 Å². The Kier molecular flexibility index (Phi) is 5.89. The second-order valence-corrected chi connectivity index (χ2v) is 8.34. The minimum Gasteiger partial charge on any atom is -0.480 e. The molecule has 2 atom stereocenters. The molecule has 1 heterocycles. The molecule has 0 saturated carbocycles. The molecule has 0 amide bonds. The molecule has 0 spiro atoms. The molecule has 0 fully saturated rings. The van der Waals surface area contributed by atoms with Gasteiger partial charge in [0.2, 0.25) is 0 Å². The first kappa shape index (κ1) is 19.5. The highest BCUT2D eigenvalue weighted by Gasteiger charge is 2.41. The van der Waals surface area contributed by atoms with Crippen molar-refractivity contribution in [3.8, 4) is 11.1 Å². The van der Waals surface area contributed by atoms with E-state index in [-0.39, 0.29) is 6.54 Å². The van der Waals surface area contributed by atoms with Crippen LogP contribution in [0.15, 0.2) is 60.7 Å². The van der Waals surface area contributed by atoms with E-state index in [4.69, 9.17) is 0 Å². The highest BCUT2D eigenvalue weighted by molar-refractivity contribution is 7.81. The summed E-state index contributed by atoms with van der Waals surface area (Å²) in [5.41, 5.74) is 4.71. The summed E-state index contributed by atoms with van der Waals surface area (Å²) < 4.78 is 19.2. The standard InChI is InChI=1S/C21H23NO4S/c1-21(20(23)24,27(25)26)15-22-13-11-19(12-14-22)18-9-7-17(8-10-18)16-5-3-2-4-6-16/h2-11H,12-15H2,1H3,(H,23,24)(H,25,26). The summed E-state index contributed by atoms with van der Waals surface area (Å²) in [4.78, 5) is 13.3. The monoisotopic (exact) mass is 385 g/mol. The van der Waals surface area contributed by atoms with Crippen molar-refractivity contribution in [2.45, 2.75) is 18.1 Å². The van der Waals surface area contributed by atoms with Gasteiger partial charge in [0.05, 0.1) is 0 Å². The number of carbonyl (C=O) groups is 1. The van der Waals surface area contributed by atoms with Crippen molar-refractivity contribution in [3.63, 3.8) is 0 Å². The number of nitrogens with zero attached hydrogens (tertiary/aromatic N) is 1. The Balaban J connectivity index is 1.68. The van der Waals surface area contributed by atoms with Gasteiger partial charge in [-0.15, -0.1) is 0 Å². The van der Waals surface area contributed by atoms with E-state index in [1.807, 2.05) is 23.1 Å². The zero-order valence-corrected chi connectivity index (χ0v) is 16.0. The molecular formula is C21H23NO4S. The van der Waals surface area contributed by atoms with Crippen LogP contribution in [-0.4, -0.2) is 49.1 Å². The first-order chi connectivity index (χ1) is 12.9. The van der Waals surface area contributed by atoms with E-state index in [0.717, 1.165) is 12.0 Å². The topological polar surface area (TPSA) is 77.8 Å². The van der Waals surface area contributed by atoms with Crippen LogP contribution in [0.4, 0.5) is 0 Å². The van der Waals surface area contributed by atoms with Crippen LogP contribution in [0.1, 0.15) is 18.9 Å². The van der Waals surface area contributed by atoms with Gasteiger partial charge < -0.3 is 9.66 Å². The van der Waals surface area contributed by atoms with Gasteiger partial charge in [-0.3, -0.25) is 9.69 Å². The van der Waals surface area contributed by atoms with Gasteiger partial charge in [0, 0.05) is 19.6 Å².